The van der Waals surface area contributed by atoms with Gasteiger partial charge in [0.15, 0.2) is 0 Å². The van der Waals surface area contributed by atoms with Crippen LogP contribution in [0.1, 0.15) is 6.42 Å². The van der Waals surface area contributed by atoms with Gasteiger partial charge in [0.25, 0.3) is 0 Å². The van der Waals surface area contributed by atoms with Crippen molar-refractivity contribution in [2.75, 3.05) is 19.6 Å². The lowest BCUT2D eigenvalue weighted by Gasteiger charge is -2.25. The molecule has 5 N–H and O–H groups in total. The molecule has 0 aromatic rings. The highest BCUT2D eigenvalue weighted by Crippen LogP contribution is 1.97. The second-order valence-electron chi connectivity index (χ2n) is 3.04. The van der Waals surface area contributed by atoms with Gasteiger partial charge in [0, 0.05) is 25.7 Å². The van der Waals surface area contributed by atoms with Crippen LogP contribution in [0.2, 0.25) is 0 Å². The minimum atomic E-state index is -0.928. The van der Waals surface area contributed by atoms with Crippen LogP contribution in [0.5, 0.6) is 0 Å². The van der Waals surface area contributed by atoms with E-state index in [1.54, 1.807) is 0 Å². The van der Waals surface area contributed by atoms with E-state index in [1.165, 1.54) is 0 Å². The molecule has 1 saturated heterocycles. The summed E-state index contributed by atoms with van der Waals surface area (Å²) >= 11 is 0. The summed E-state index contributed by atoms with van der Waals surface area (Å²) in [5, 5.41) is 14.9. The van der Waals surface area contributed by atoms with E-state index in [2.05, 4.69) is 10.6 Å². The Labute approximate surface area is 71.3 Å². The minimum Gasteiger partial charge on any atom is -0.480 e. The summed E-state index contributed by atoms with van der Waals surface area (Å²) in [6.45, 7) is 2.64. The van der Waals surface area contributed by atoms with Crippen LogP contribution in [0.25, 0.3) is 0 Å². The third-order valence-electron chi connectivity index (χ3n) is 1.98. The number of carbonyl (C=O) groups is 1. The molecule has 12 heavy (non-hydrogen) atoms. The zero-order chi connectivity index (χ0) is 8.97. The van der Waals surface area contributed by atoms with E-state index >= 15 is 0 Å². The van der Waals surface area contributed by atoms with Crippen molar-refractivity contribution >= 4 is 5.97 Å². The van der Waals surface area contributed by atoms with Gasteiger partial charge in [-0.25, -0.2) is 0 Å². The Balaban J connectivity index is 2.24. The summed E-state index contributed by atoms with van der Waals surface area (Å²) in [6, 6.07) is -0.549. The first-order valence-corrected chi connectivity index (χ1v) is 4.12. The maximum absolute atomic E-state index is 10.4. The summed E-state index contributed by atoms with van der Waals surface area (Å²) in [7, 11) is 0. The Morgan fingerprint density at radius 1 is 1.67 bits per heavy atom. The number of nitrogens with one attached hydrogen (secondary N) is 2. The molecule has 0 aliphatic carbocycles. The molecule has 0 saturated carbocycles. The number of rotatable bonds is 3. The highest BCUT2D eigenvalue weighted by molar-refractivity contribution is 5.73. The molecule has 0 spiro atoms. The third-order valence-corrected chi connectivity index (χ3v) is 1.98. The van der Waals surface area contributed by atoms with Gasteiger partial charge in [-0.3, -0.25) is 4.79 Å². The predicted octanol–water partition coefficient (Wildman–Crippen LogP) is -1.65. The number of aliphatic carboxylic acids is 1. The van der Waals surface area contributed by atoms with Gasteiger partial charge in [0.2, 0.25) is 0 Å². The largest absolute Gasteiger partial charge is 0.480 e. The first-order valence-electron chi connectivity index (χ1n) is 4.12. The number of hydrogen-bond donors (Lipinski definition) is 4. The highest BCUT2D eigenvalue weighted by Gasteiger charge is 2.19. The molecule has 5 heteroatoms. The van der Waals surface area contributed by atoms with Crippen molar-refractivity contribution in [2.24, 2.45) is 5.73 Å². The molecule has 2 atom stereocenters. The van der Waals surface area contributed by atoms with E-state index in [0.717, 1.165) is 19.6 Å². The summed E-state index contributed by atoms with van der Waals surface area (Å²) in [4.78, 5) is 10.4. The van der Waals surface area contributed by atoms with Gasteiger partial charge >= 0.3 is 5.97 Å². The molecule has 1 fully saturated rings. The third kappa shape index (κ3) is 2.77. The van der Waals surface area contributed by atoms with Crippen LogP contribution in [0.15, 0.2) is 0 Å². The molecule has 1 aliphatic heterocycles. The lowest BCUT2D eigenvalue weighted by molar-refractivity contribution is -0.138. The Morgan fingerprint density at radius 3 is 2.92 bits per heavy atom. The molecule has 0 aromatic carbocycles. The van der Waals surface area contributed by atoms with Crippen molar-refractivity contribution in [1.82, 2.24) is 10.6 Å². The van der Waals surface area contributed by atoms with Crippen LogP contribution < -0.4 is 16.4 Å². The topological polar surface area (TPSA) is 87.4 Å². The molecule has 0 bridgehead atoms. The number of nitrogens with two attached hydrogens (primary N) is 1. The second-order valence-corrected chi connectivity index (χ2v) is 3.04. The number of carboxylic acids is 1. The van der Waals surface area contributed by atoms with E-state index in [0.29, 0.717) is 6.42 Å². The van der Waals surface area contributed by atoms with Crippen LogP contribution >= 0.6 is 0 Å². The Morgan fingerprint density at radius 2 is 2.42 bits per heavy atom. The molecule has 1 heterocycles. The van der Waals surface area contributed by atoms with Gasteiger partial charge in [0.1, 0.15) is 6.04 Å². The summed E-state index contributed by atoms with van der Waals surface area (Å²) < 4.78 is 0. The predicted molar refractivity (Wildman–Crippen MR) is 44.9 cm³/mol. The molecule has 0 aromatic heterocycles. The van der Waals surface area contributed by atoms with Gasteiger partial charge in [-0.15, -0.1) is 0 Å². The normalized spacial score (nSPS) is 26.6. The molecule has 0 radical (unpaired) electrons. The lowest BCUT2D eigenvalue weighted by atomic mass is 10.1. The number of hydrogen-bond acceptors (Lipinski definition) is 4. The van der Waals surface area contributed by atoms with E-state index in [1.807, 2.05) is 0 Å². The minimum absolute atomic E-state index is 0.199. The van der Waals surface area contributed by atoms with Crippen molar-refractivity contribution in [1.29, 1.82) is 0 Å². The van der Waals surface area contributed by atoms with E-state index in [9.17, 15) is 4.79 Å². The van der Waals surface area contributed by atoms with Gasteiger partial charge in [-0.05, 0) is 6.42 Å². The monoisotopic (exact) mass is 173 g/mol. The average molecular weight is 173 g/mol. The first-order chi connectivity index (χ1) is 5.70. The molecule has 70 valence electrons. The van der Waals surface area contributed by atoms with E-state index in [-0.39, 0.29) is 6.04 Å². The van der Waals surface area contributed by atoms with Gasteiger partial charge < -0.3 is 21.5 Å². The van der Waals surface area contributed by atoms with Crippen molar-refractivity contribution in [2.45, 2.75) is 18.5 Å². The standard InChI is InChI=1S/C7H15N3O2/c8-6(7(11)12)3-5-4-9-1-2-10-5/h5-6,9-10H,1-4,8H2,(H,11,12). The van der Waals surface area contributed by atoms with Gasteiger partial charge in [-0.2, -0.15) is 0 Å². The molecular formula is C7H15N3O2. The fourth-order valence-corrected chi connectivity index (χ4v) is 1.29. The van der Waals surface area contributed by atoms with Crippen LogP contribution in [-0.2, 0) is 4.79 Å². The zero-order valence-corrected chi connectivity index (χ0v) is 6.92. The van der Waals surface area contributed by atoms with Crippen LogP contribution in [-0.4, -0.2) is 42.8 Å². The number of piperazine rings is 1. The van der Waals surface area contributed by atoms with Crippen molar-refractivity contribution in [3.05, 3.63) is 0 Å². The number of carboxylic acid groups (broad SMARTS) is 1. The Hall–Kier alpha value is -0.650. The smallest absolute Gasteiger partial charge is 0.320 e. The van der Waals surface area contributed by atoms with Crippen LogP contribution in [0.3, 0.4) is 0 Å². The maximum Gasteiger partial charge on any atom is 0.320 e. The van der Waals surface area contributed by atoms with E-state index < -0.39 is 12.0 Å². The SMILES string of the molecule is NC(CC1CNCCN1)C(=O)O. The fraction of sp³-hybridized carbons (Fsp3) is 0.857. The Bertz CT molecular complexity index is 157. The fourth-order valence-electron chi connectivity index (χ4n) is 1.29. The van der Waals surface area contributed by atoms with Gasteiger partial charge in [-0.1, -0.05) is 0 Å². The first kappa shape index (κ1) is 9.44. The van der Waals surface area contributed by atoms with Crippen molar-refractivity contribution in [3.8, 4) is 0 Å². The molecule has 1 rings (SSSR count). The maximum atomic E-state index is 10.4. The van der Waals surface area contributed by atoms with Gasteiger partial charge in [0.05, 0.1) is 0 Å². The molecular weight excluding hydrogens is 158 g/mol. The van der Waals surface area contributed by atoms with Crippen LogP contribution in [0, 0.1) is 0 Å². The summed E-state index contributed by atoms with van der Waals surface area (Å²) in [6.07, 6.45) is 0.488. The average Bonchev–Trinajstić information content (AvgIpc) is 2.06. The van der Waals surface area contributed by atoms with Crippen LogP contribution in [0.4, 0.5) is 0 Å². The van der Waals surface area contributed by atoms with Crippen molar-refractivity contribution < 1.29 is 9.90 Å². The Kier molecular flexibility index (Phi) is 3.46. The molecule has 5 nitrogen and oxygen atoms in total. The van der Waals surface area contributed by atoms with E-state index in [4.69, 9.17) is 10.8 Å². The van der Waals surface area contributed by atoms with Crippen molar-refractivity contribution in [3.63, 3.8) is 0 Å². The lowest BCUT2D eigenvalue weighted by Crippen LogP contribution is -2.51. The molecule has 0 amide bonds. The quantitative estimate of drug-likeness (QED) is 0.411. The second kappa shape index (κ2) is 4.39. The molecule has 1 aliphatic rings. The highest BCUT2D eigenvalue weighted by atomic mass is 16.4. The summed E-state index contributed by atoms with van der Waals surface area (Å²) in [5.41, 5.74) is 5.38. The zero-order valence-electron chi connectivity index (χ0n) is 6.92. The molecule has 2 unspecified atom stereocenters. The summed E-state index contributed by atoms with van der Waals surface area (Å²) in [5.74, 6) is -0.928.